The summed E-state index contributed by atoms with van der Waals surface area (Å²) in [7, 11) is 4.02. The molecule has 4 aliphatic carbocycles. The lowest BCUT2D eigenvalue weighted by Gasteiger charge is -2.60. The number of esters is 1. The minimum absolute atomic E-state index is 0.0163. The summed E-state index contributed by atoms with van der Waals surface area (Å²) in [5, 5.41) is 63.7. The number of alkyl halides is 1. The maximum absolute atomic E-state index is 16.1. The van der Waals surface area contributed by atoms with Crippen LogP contribution in [0.4, 0.5) is 4.39 Å². The Morgan fingerprint density at radius 3 is 2.30 bits per heavy atom. The second-order valence-electron chi connectivity index (χ2n) is 24.0. The molecule has 3 saturated heterocycles. The first-order chi connectivity index (χ1) is 32.1. The quantitative estimate of drug-likeness (QED) is 0.157. The van der Waals surface area contributed by atoms with Crippen LogP contribution in [0.2, 0.25) is 0 Å². The summed E-state index contributed by atoms with van der Waals surface area (Å²) in [4.78, 5) is 44.9. The maximum Gasteiger partial charge on any atom is 0.311 e. The van der Waals surface area contributed by atoms with Gasteiger partial charge in [0.15, 0.2) is 17.7 Å². The van der Waals surface area contributed by atoms with Crippen LogP contribution in [-0.2, 0) is 33.3 Å². The van der Waals surface area contributed by atoms with Crippen molar-refractivity contribution in [3.8, 4) is 0 Å². The molecule has 0 aromatic rings. The van der Waals surface area contributed by atoms with Crippen molar-refractivity contribution < 1.29 is 63.3 Å². The normalized spacial score (nSPS) is 50.9. The predicted octanol–water partition coefficient (Wildman–Crippen LogP) is 4.10. The third-order valence-electron chi connectivity index (χ3n) is 19.0. The fourth-order valence-electron chi connectivity index (χ4n) is 15.2. The van der Waals surface area contributed by atoms with Gasteiger partial charge in [-0.15, -0.1) is 0 Å². The number of hydrogen-bond donors (Lipinski definition) is 6. The van der Waals surface area contributed by atoms with E-state index < -0.39 is 112 Å². The van der Waals surface area contributed by atoms with Gasteiger partial charge in [0.25, 0.3) is 5.91 Å². The molecule has 69 heavy (non-hydrogen) atoms. The lowest BCUT2D eigenvalue weighted by Crippen LogP contribution is -2.67. The molecular weight excluding hydrogens is 890 g/mol. The molecule has 3 saturated carbocycles. The number of cyclic esters (lactones) is 1. The molecule has 0 spiro atoms. The van der Waals surface area contributed by atoms with E-state index in [9.17, 15) is 39.9 Å². The van der Waals surface area contributed by atoms with Gasteiger partial charge in [0, 0.05) is 54.4 Å². The summed E-state index contributed by atoms with van der Waals surface area (Å²) in [6, 6.07) is -0.697. The molecule has 1 amide bonds. The van der Waals surface area contributed by atoms with Crippen LogP contribution in [0.15, 0.2) is 23.8 Å². The lowest BCUT2D eigenvalue weighted by atomic mass is 9.46. The highest BCUT2D eigenvalue weighted by molar-refractivity contribution is 6.01. The van der Waals surface area contributed by atoms with E-state index in [1.54, 1.807) is 19.9 Å². The van der Waals surface area contributed by atoms with E-state index in [1.165, 1.54) is 19.1 Å². The van der Waals surface area contributed by atoms with Gasteiger partial charge in [0.05, 0.1) is 35.9 Å². The zero-order valence-corrected chi connectivity index (χ0v) is 43.6. The summed E-state index contributed by atoms with van der Waals surface area (Å²) in [5.74, 6) is -4.73. The zero-order valence-electron chi connectivity index (χ0n) is 43.6. The molecule has 6 N–H and O–H groups in total. The molecular formula is C53H86FN3O12. The number of nitrogens with one attached hydrogen (secondary N) is 1. The van der Waals surface area contributed by atoms with Gasteiger partial charge in [-0.2, -0.15) is 0 Å². The van der Waals surface area contributed by atoms with Crippen molar-refractivity contribution in [2.45, 2.75) is 205 Å². The Bertz CT molecular complexity index is 1970. The number of fused-ring (bicyclic) bond motifs is 7. The number of carbonyl (C=O) groups is 3. The van der Waals surface area contributed by atoms with Crippen LogP contribution in [0.1, 0.15) is 121 Å². The smallest absolute Gasteiger partial charge is 0.311 e. The summed E-state index contributed by atoms with van der Waals surface area (Å²) in [6.07, 6.45) is -0.966. The third kappa shape index (κ3) is 9.34. The molecule has 0 aromatic heterocycles. The van der Waals surface area contributed by atoms with Gasteiger partial charge in [0.1, 0.15) is 30.1 Å². The second-order valence-corrected chi connectivity index (χ2v) is 24.0. The van der Waals surface area contributed by atoms with Crippen molar-refractivity contribution in [3.05, 3.63) is 23.8 Å². The SMILES string of the molecule is CC[C@H]1OC(=O)[C@H](C)C(O)[C@H](C)C2O[C@@H]3O[C@H](C)C[C@@H](N(C)C)[C@H]3O[C@]2(C)C[C@@H](C)CN(CCCNC(=O)[C@@]2(O)[C@H](C)CC3C4C[C@H](F)C5=CC(=O)C=C[C@]5(C)C4[C@@H](O)C[C@@]32C)[C@H](C)[C@@H](O)[C@]1(C)O. The van der Waals surface area contributed by atoms with Crippen LogP contribution in [0, 0.1) is 52.3 Å². The molecule has 5 unspecified atom stereocenters. The van der Waals surface area contributed by atoms with Crippen molar-refractivity contribution in [1.82, 2.24) is 15.1 Å². The fraction of sp³-hybridized carbons (Fsp3) is 0.868. The first-order valence-electron chi connectivity index (χ1n) is 26.0. The number of aliphatic hydroxyl groups excluding tert-OH is 3. The Morgan fingerprint density at radius 1 is 0.971 bits per heavy atom. The van der Waals surface area contributed by atoms with Crippen molar-refractivity contribution >= 4 is 17.7 Å². The molecule has 0 aromatic carbocycles. The number of rotatable bonds is 7. The van der Waals surface area contributed by atoms with Crippen molar-refractivity contribution in [3.63, 3.8) is 0 Å². The van der Waals surface area contributed by atoms with Crippen LogP contribution >= 0.6 is 0 Å². The topological polar surface area (TPSA) is 208 Å². The van der Waals surface area contributed by atoms with E-state index in [0.29, 0.717) is 37.9 Å². The highest BCUT2D eigenvalue weighted by Crippen LogP contribution is 2.68. The van der Waals surface area contributed by atoms with Gasteiger partial charge in [-0.25, -0.2) is 4.39 Å². The molecule has 7 rings (SSSR count). The van der Waals surface area contributed by atoms with Gasteiger partial charge >= 0.3 is 5.97 Å². The molecule has 3 heterocycles. The molecule has 3 aliphatic heterocycles. The Hall–Kier alpha value is -2.38. The number of ketones is 1. The summed E-state index contributed by atoms with van der Waals surface area (Å²) in [5.41, 5.74) is -6.26. The van der Waals surface area contributed by atoms with Crippen LogP contribution in [0.3, 0.4) is 0 Å². The fourth-order valence-corrected chi connectivity index (χ4v) is 15.2. The maximum atomic E-state index is 16.1. The number of nitrogens with zero attached hydrogens (tertiary/aromatic N) is 2. The van der Waals surface area contributed by atoms with Crippen LogP contribution in [-0.4, -0.2) is 171 Å². The molecule has 0 bridgehead atoms. The summed E-state index contributed by atoms with van der Waals surface area (Å²) < 4.78 is 42.4. The van der Waals surface area contributed by atoms with E-state index in [1.807, 2.05) is 62.6 Å². The Kier molecular flexibility index (Phi) is 15.6. The summed E-state index contributed by atoms with van der Waals surface area (Å²) in [6.45, 7) is 21.1. The molecule has 0 radical (unpaired) electrons. The number of ether oxygens (including phenoxy) is 4. The van der Waals surface area contributed by atoms with E-state index in [0.717, 1.165) is 6.42 Å². The van der Waals surface area contributed by atoms with E-state index in [-0.39, 0.29) is 67.4 Å². The van der Waals surface area contributed by atoms with Gasteiger partial charge in [-0.3, -0.25) is 19.3 Å². The Morgan fingerprint density at radius 2 is 1.65 bits per heavy atom. The second kappa shape index (κ2) is 19.8. The molecule has 392 valence electrons. The van der Waals surface area contributed by atoms with Crippen LogP contribution in [0.25, 0.3) is 0 Å². The molecule has 23 atom stereocenters. The number of allylic oxidation sites excluding steroid dienone is 4. The number of carbonyl (C=O) groups excluding carboxylic acids is 3. The van der Waals surface area contributed by atoms with Gasteiger partial charge in [-0.1, -0.05) is 47.6 Å². The van der Waals surface area contributed by atoms with Crippen molar-refractivity contribution in [2.24, 2.45) is 52.3 Å². The first kappa shape index (κ1) is 54.4. The van der Waals surface area contributed by atoms with E-state index in [2.05, 4.69) is 22.0 Å². The van der Waals surface area contributed by atoms with E-state index >= 15 is 4.39 Å². The average molecular weight is 976 g/mol. The minimum Gasteiger partial charge on any atom is -0.459 e. The number of likely N-dealkylation sites (N-methyl/N-ethyl adjacent to an activating group) is 1. The van der Waals surface area contributed by atoms with E-state index in [4.69, 9.17) is 18.9 Å². The van der Waals surface area contributed by atoms with Crippen LogP contribution in [0.5, 0.6) is 0 Å². The number of hydrogen-bond acceptors (Lipinski definition) is 14. The largest absolute Gasteiger partial charge is 0.459 e. The van der Waals surface area contributed by atoms with Crippen molar-refractivity contribution in [2.75, 3.05) is 33.7 Å². The van der Waals surface area contributed by atoms with Crippen LogP contribution < -0.4 is 5.32 Å². The highest BCUT2D eigenvalue weighted by atomic mass is 19.1. The number of halogens is 1. The van der Waals surface area contributed by atoms with Gasteiger partial charge < -0.3 is 54.7 Å². The molecule has 6 fully saturated rings. The highest BCUT2D eigenvalue weighted by Gasteiger charge is 2.71. The summed E-state index contributed by atoms with van der Waals surface area (Å²) >= 11 is 0. The first-order valence-corrected chi connectivity index (χ1v) is 26.0. The van der Waals surface area contributed by atoms with Gasteiger partial charge in [0.2, 0.25) is 0 Å². The van der Waals surface area contributed by atoms with Crippen molar-refractivity contribution in [1.29, 1.82) is 0 Å². The lowest BCUT2D eigenvalue weighted by molar-refractivity contribution is -0.373. The predicted molar refractivity (Wildman–Crippen MR) is 256 cm³/mol. The Balaban J connectivity index is 1.11. The number of aliphatic hydroxyl groups is 5. The minimum atomic E-state index is -1.90. The zero-order chi connectivity index (χ0) is 51.1. The number of amides is 1. The third-order valence-corrected chi connectivity index (χ3v) is 19.0. The Labute approximate surface area is 409 Å². The molecule has 7 aliphatic rings. The molecule has 16 heteroatoms. The van der Waals surface area contributed by atoms with Gasteiger partial charge in [-0.05, 0) is 135 Å². The monoisotopic (exact) mass is 976 g/mol. The standard InChI is InChI=1S/C53H86FN3O12/c1-14-40-52(11,64)44(61)32(7)57(26-27(2)24-51(10)45(30(5)42(60)31(6)46(62)67-40)68-47-43(69-51)38(56(12)13)21-29(4)66-47)19-15-18-55-48(63)53(65)28(3)20-35-34-23-37(54)36-22-33(58)16-17-49(36,8)41(34)39(59)25-50(35,53)9/h16-17,22,27-32,34-35,37-45,47,59-61,64-65H,14-15,18-21,23-26H2,1-13H3,(H,55,63)/t27-,28-,29-,30+,31-,32-,34?,35?,37+,38-,39+,40-,41?,42?,43-,44-,45?,47+,49+,50+,51-,52-,53+/m1/s1. The molecule has 15 nitrogen and oxygen atoms in total. The average Bonchev–Trinajstić information content (AvgIpc) is 3.48.